The van der Waals surface area contributed by atoms with E-state index in [9.17, 15) is 14.4 Å². The number of fused-ring (bicyclic) bond motifs is 3. The number of benzene rings is 1. The molecule has 0 bridgehead atoms. The van der Waals surface area contributed by atoms with Gasteiger partial charge < -0.3 is 29.3 Å². The predicted molar refractivity (Wildman–Crippen MR) is 112 cm³/mol. The highest BCUT2D eigenvalue weighted by Gasteiger charge is 2.36. The topological polar surface area (TPSA) is 101 Å². The molecule has 0 radical (unpaired) electrons. The molecule has 10 heteroatoms. The van der Waals surface area contributed by atoms with Crippen LogP contribution < -0.4 is 19.9 Å². The first kappa shape index (κ1) is 21.2. The summed E-state index contributed by atoms with van der Waals surface area (Å²) in [5.41, 5.74) is 1.66. The number of piperazine rings is 1. The van der Waals surface area contributed by atoms with E-state index in [-0.39, 0.29) is 30.5 Å². The van der Waals surface area contributed by atoms with Crippen LogP contribution in [0.15, 0.2) is 18.2 Å². The molecule has 1 aromatic carbocycles. The summed E-state index contributed by atoms with van der Waals surface area (Å²) in [6.07, 6.45) is -0.438. The highest BCUT2D eigenvalue weighted by Crippen LogP contribution is 2.39. The maximum atomic E-state index is 12.3. The molecule has 10 nitrogen and oxygen atoms in total. The van der Waals surface area contributed by atoms with Crippen LogP contribution in [-0.2, 0) is 19.1 Å². The number of ether oxygens (including phenoxy) is 3. The van der Waals surface area contributed by atoms with Crippen molar-refractivity contribution in [3.05, 3.63) is 18.2 Å². The van der Waals surface area contributed by atoms with E-state index in [2.05, 4.69) is 10.2 Å². The lowest BCUT2D eigenvalue weighted by molar-refractivity contribution is -0.133. The van der Waals surface area contributed by atoms with Crippen molar-refractivity contribution < 1.29 is 28.6 Å². The zero-order valence-electron chi connectivity index (χ0n) is 17.8. The maximum absolute atomic E-state index is 12.3. The van der Waals surface area contributed by atoms with Crippen molar-refractivity contribution in [1.29, 1.82) is 0 Å². The smallest absolute Gasteiger partial charge is 0.414 e. The summed E-state index contributed by atoms with van der Waals surface area (Å²) in [4.78, 5) is 41.4. The highest BCUT2D eigenvalue weighted by atomic mass is 16.6. The summed E-state index contributed by atoms with van der Waals surface area (Å²) in [5.74, 6) is 0.654. The number of carbonyl (C=O) groups is 3. The van der Waals surface area contributed by atoms with Crippen molar-refractivity contribution in [1.82, 2.24) is 10.2 Å². The van der Waals surface area contributed by atoms with E-state index >= 15 is 0 Å². The van der Waals surface area contributed by atoms with Gasteiger partial charge in [0.25, 0.3) is 0 Å². The molecule has 0 aliphatic carbocycles. The number of carbonyl (C=O) groups excluding carboxylic acids is 3. The molecule has 2 saturated heterocycles. The van der Waals surface area contributed by atoms with Crippen molar-refractivity contribution >= 4 is 29.3 Å². The number of anilines is 2. The molecule has 0 spiro atoms. The van der Waals surface area contributed by atoms with Crippen LogP contribution in [0.25, 0.3) is 0 Å². The summed E-state index contributed by atoms with van der Waals surface area (Å²) in [6.45, 7) is 4.98. The van der Waals surface area contributed by atoms with E-state index < -0.39 is 6.09 Å². The first-order valence-electron chi connectivity index (χ1n) is 10.5. The molecular formula is C21H28N4O6. The molecule has 3 aliphatic heterocycles. The number of methoxy groups -OCH3 is 1. The number of amides is 3. The molecule has 3 amide bonds. The van der Waals surface area contributed by atoms with Gasteiger partial charge in [0.1, 0.15) is 18.5 Å². The Balaban J connectivity index is 1.42. The normalized spacial score (nSPS) is 22.4. The van der Waals surface area contributed by atoms with Gasteiger partial charge in [0.05, 0.1) is 43.5 Å². The van der Waals surface area contributed by atoms with E-state index in [1.165, 1.54) is 6.92 Å². The van der Waals surface area contributed by atoms with Gasteiger partial charge in [-0.15, -0.1) is 0 Å². The van der Waals surface area contributed by atoms with Crippen molar-refractivity contribution in [3.63, 3.8) is 0 Å². The second kappa shape index (κ2) is 9.01. The van der Waals surface area contributed by atoms with Gasteiger partial charge in [0.2, 0.25) is 11.8 Å². The third-order valence-corrected chi connectivity index (χ3v) is 5.80. The summed E-state index contributed by atoms with van der Waals surface area (Å²) in [6, 6.07) is 5.78. The number of cyclic esters (lactones) is 1. The highest BCUT2D eigenvalue weighted by molar-refractivity contribution is 5.91. The third kappa shape index (κ3) is 4.53. The molecule has 4 rings (SSSR count). The van der Waals surface area contributed by atoms with Crippen molar-refractivity contribution in [3.8, 4) is 5.75 Å². The zero-order chi connectivity index (χ0) is 22.0. The molecular weight excluding hydrogens is 404 g/mol. The molecule has 1 N–H and O–H groups in total. The molecule has 168 valence electrons. The predicted octanol–water partition coefficient (Wildman–Crippen LogP) is 0.594. The Bertz CT molecular complexity index is 862. The SMILES string of the molecule is COCCC(=O)N1CCN2c3ccc(N4C[C@H](CNC(C)=O)OC4=O)cc3OCC2C1. The van der Waals surface area contributed by atoms with Gasteiger partial charge in [-0.25, -0.2) is 4.79 Å². The molecule has 2 fully saturated rings. The first-order chi connectivity index (χ1) is 15.0. The fraction of sp³-hybridized carbons (Fsp3) is 0.571. The van der Waals surface area contributed by atoms with E-state index in [1.54, 1.807) is 12.0 Å². The summed E-state index contributed by atoms with van der Waals surface area (Å²) >= 11 is 0. The molecule has 0 saturated carbocycles. The first-order valence-corrected chi connectivity index (χ1v) is 10.5. The van der Waals surface area contributed by atoms with Crippen LogP contribution in [0.3, 0.4) is 0 Å². The minimum atomic E-state index is -0.438. The van der Waals surface area contributed by atoms with Crippen LogP contribution in [0.2, 0.25) is 0 Å². The second-order valence-corrected chi connectivity index (χ2v) is 7.95. The summed E-state index contributed by atoms with van der Waals surface area (Å²) in [5, 5.41) is 2.67. The Morgan fingerprint density at radius 2 is 2.10 bits per heavy atom. The van der Waals surface area contributed by atoms with Crippen molar-refractivity contribution in [2.24, 2.45) is 0 Å². The summed E-state index contributed by atoms with van der Waals surface area (Å²) in [7, 11) is 1.59. The number of hydrogen-bond donors (Lipinski definition) is 1. The molecule has 1 aromatic rings. The molecule has 3 aliphatic rings. The van der Waals surface area contributed by atoms with Crippen LogP contribution in [-0.4, -0.2) is 88.0 Å². The fourth-order valence-electron chi connectivity index (χ4n) is 4.19. The van der Waals surface area contributed by atoms with E-state index in [0.29, 0.717) is 50.7 Å². The van der Waals surface area contributed by atoms with Gasteiger partial charge in [0.15, 0.2) is 0 Å². The second-order valence-electron chi connectivity index (χ2n) is 7.95. The zero-order valence-corrected chi connectivity index (χ0v) is 17.8. The van der Waals surface area contributed by atoms with Crippen LogP contribution >= 0.6 is 0 Å². The van der Waals surface area contributed by atoms with Gasteiger partial charge >= 0.3 is 6.09 Å². The van der Waals surface area contributed by atoms with E-state index in [0.717, 1.165) is 12.2 Å². The lowest BCUT2D eigenvalue weighted by Gasteiger charge is -2.45. The monoisotopic (exact) mass is 432 g/mol. The lowest BCUT2D eigenvalue weighted by Crippen LogP contribution is -2.58. The quantitative estimate of drug-likeness (QED) is 0.702. The van der Waals surface area contributed by atoms with Gasteiger partial charge in [-0.1, -0.05) is 0 Å². The average molecular weight is 432 g/mol. The Morgan fingerprint density at radius 1 is 1.26 bits per heavy atom. The van der Waals surface area contributed by atoms with Crippen molar-refractivity contribution in [2.75, 3.05) is 62.8 Å². The maximum Gasteiger partial charge on any atom is 0.414 e. The largest absolute Gasteiger partial charge is 0.489 e. The van der Waals surface area contributed by atoms with Crippen LogP contribution in [0.5, 0.6) is 5.75 Å². The van der Waals surface area contributed by atoms with Crippen molar-refractivity contribution in [2.45, 2.75) is 25.5 Å². The van der Waals surface area contributed by atoms with Crippen LogP contribution in [0.4, 0.5) is 16.2 Å². The van der Waals surface area contributed by atoms with E-state index in [1.807, 2.05) is 23.1 Å². The Kier molecular flexibility index (Phi) is 6.17. The number of nitrogens with one attached hydrogen (secondary N) is 1. The number of nitrogens with zero attached hydrogens (tertiary/aromatic N) is 3. The Labute approximate surface area is 181 Å². The molecule has 3 heterocycles. The standard InChI is InChI=1S/C21H28N4O6/c1-14(26)22-10-17-12-25(21(28)31-17)15-3-4-18-19(9-15)30-13-16-11-23(6-7-24(16)18)20(27)5-8-29-2/h3-4,9,16-17H,5-8,10-13H2,1-2H3,(H,22,26)/t16?,17-/m0/s1. The molecule has 2 atom stereocenters. The van der Waals surface area contributed by atoms with Gasteiger partial charge in [-0.05, 0) is 12.1 Å². The van der Waals surface area contributed by atoms with Crippen LogP contribution in [0, 0.1) is 0 Å². The molecule has 0 aromatic heterocycles. The lowest BCUT2D eigenvalue weighted by atomic mass is 10.1. The fourth-order valence-corrected chi connectivity index (χ4v) is 4.19. The van der Waals surface area contributed by atoms with Gasteiger partial charge in [-0.3, -0.25) is 14.5 Å². The Morgan fingerprint density at radius 3 is 2.87 bits per heavy atom. The minimum absolute atomic E-state index is 0.0948. The third-order valence-electron chi connectivity index (χ3n) is 5.80. The minimum Gasteiger partial charge on any atom is -0.489 e. The van der Waals surface area contributed by atoms with Crippen LogP contribution in [0.1, 0.15) is 13.3 Å². The number of hydrogen-bond acceptors (Lipinski definition) is 7. The average Bonchev–Trinajstić information content (AvgIpc) is 3.15. The Hall–Kier alpha value is -3.01. The molecule has 31 heavy (non-hydrogen) atoms. The summed E-state index contributed by atoms with van der Waals surface area (Å²) < 4.78 is 16.4. The van der Waals surface area contributed by atoms with E-state index in [4.69, 9.17) is 14.2 Å². The van der Waals surface area contributed by atoms with Gasteiger partial charge in [0, 0.05) is 39.7 Å². The molecule has 1 unspecified atom stereocenters. The van der Waals surface area contributed by atoms with Gasteiger partial charge in [-0.2, -0.15) is 0 Å². The number of rotatable bonds is 6.